The second-order valence-corrected chi connectivity index (χ2v) is 8.74. The molecule has 24 heavy (non-hydrogen) atoms. The third kappa shape index (κ3) is 4.67. The monoisotopic (exact) mass is 357 g/mol. The molecule has 0 spiro atoms. The van der Waals surface area contributed by atoms with Crippen LogP contribution < -0.4 is 5.32 Å². The number of rotatable bonds is 4. The van der Waals surface area contributed by atoms with Crippen LogP contribution in [0.2, 0.25) is 0 Å². The van der Waals surface area contributed by atoms with Gasteiger partial charge in [0.25, 0.3) is 0 Å². The van der Waals surface area contributed by atoms with Gasteiger partial charge in [-0.3, -0.25) is 10.00 Å². The van der Waals surface area contributed by atoms with Crippen molar-refractivity contribution in [2.45, 2.75) is 32.9 Å². The first-order valence-corrected chi connectivity index (χ1v) is 9.34. The third-order valence-electron chi connectivity index (χ3n) is 3.06. The lowest BCUT2D eigenvalue weighted by atomic mass is 10.2. The number of anilines is 1. The predicted molar refractivity (Wildman–Crippen MR) is 89.3 cm³/mol. The Hall–Kier alpha value is -2.16. The van der Waals surface area contributed by atoms with Crippen LogP contribution >= 0.6 is 0 Å². The molecule has 0 aliphatic carbocycles. The molecule has 0 saturated heterocycles. The highest BCUT2D eigenvalue weighted by Crippen LogP contribution is 2.26. The van der Waals surface area contributed by atoms with Crippen molar-refractivity contribution in [3.05, 3.63) is 24.1 Å². The van der Waals surface area contributed by atoms with Crippen molar-refractivity contribution in [1.29, 1.82) is 0 Å². The van der Waals surface area contributed by atoms with Crippen molar-refractivity contribution >= 4 is 32.5 Å². The maximum atomic E-state index is 14.1. The number of hydrogen-bond donors (Lipinski definition) is 1. The van der Waals surface area contributed by atoms with Gasteiger partial charge in [-0.25, -0.2) is 17.6 Å². The first-order valence-electron chi connectivity index (χ1n) is 7.28. The standard InChI is InChI=1S/C15H20FN3O4S/c1-15(2,3)23-14(20)18-12-6-5-11(16)13-10(12)9-17-19(13)7-8-24(4,21)22/h5-6,9H,7-8H2,1-4H3,(H,18,20). The van der Waals surface area contributed by atoms with Gasteiger partial charge in [-0.05, 0) is 32.9 Å². The number of aryl methyl sites for hydroxylation is 1. The second kappa shape index (κ2) is 6.39. The van der Waals surface area contributed by atoms with Crippen molar-refractivity contribution in [2.75, 3.05) is 17.3 Å². The van der Waals surface area contributed by atoms with Gasteiger partial charge in [0.2, 0.25) is 0 Å². The van der Waals surface area contributed by atoms with E-state index in [1.54, 1.807) is 20.8 Å². The van der Waals surface area contributed by atoms with Crippen molar-refractivity contribution in [3.63, 3.8) is 0 Å². The van der Waals surface area contributed by atoms with Crippen LogP contribution in [-0.4, -0.2) is 41.9 Å². The van der Waals surface area contributed by atoms with E-state index in [0.29, 0.717) is 11.1 Å². The zero-order valence-corrected chi connectivity index (χ0v) is 14.8. The minimum Gasteiger partial charge on any atom is -0.444 e. The van der Waals surface area contributed by atoms with Crippen LogP contribution in [0.1, 0.15) is 20.8 Å². The van der Waals surface area contributed by atoms with E-state index < -0.39 is 27.3 Å². The topological polar surface area (TPSA) is 90.3 Å². The molecule has 0 bridgehead atoms. The van der Waals surface area contributed by atoms with Crippen molar-refractivity contribution in [2.24, 2.45) is 0 Å². The average Bonchev–Trinajstić information content (AvgIpc) is 2.82. The normalized spacial score (nSPS) is 12.4. The second-order valence-electron chi connectivity index (χ2n) is 6.48. The fourth-order valence-electron chi connectivity index (χ4n) is 2.10. The molecule has 0 radical (unpaired) electrons. The van der Waals surface area contributed by atoms with Gasteiger partial charge in [0.1, 0.15) is 26.8 Å². The highest BCUT2D eigenvalue weighted by Gasteiger charge is 2.19. The van der Waals surface area contributed by atoms with E-state index in [1.807, 2.05) is 0 Å². The number of aromatic nitrogens is 2. The van der Waals surface area contributed by atoms with Crippen LogP contribution in [-0.2, 0) is 21.1 Å². The zero-order valence-electron chi connectivity index (χ0n) is 14.0. The quantitative estimate of drug-likeness (QED) is 0.908. The molecule has 1 N–H and O–H groups in total. The lowest BCUT2D eigenvalue weighted by molar-refractivity contribution is 0.0636. The Bertz CT molecular complexity index is 869. The molecule has 9 heteroatoms. The van der Waals surface area contributed by atoms with Crippen LogP contribution in [0, 0.1) is 5.82 Å². The summed E-state index contributed by atoms with van der Waals surface area (Å²) in [5.74, 6) is -0.710. The van der Waals surface area contributed by atoms with Gasteiger partial charge in [0.05, 0.1) is 24.2 Å². The first-order chi connectivity index (χ1) is 11.0. The minimum atomic E-state index is -3.20. The number of fused-ring (bicyclic) bond motifs is 1. The fraction of sp³-hybridized carbons (Fsp3) is 0.467. The van der Waals surface area contributed by atoms with Gasteiger partial charge < -0.3 is 4.74 Å². The molecule has 0 saturated carbocycles. The SMILES string of the molecule is CC(C)(C)OC(=O)Nc1ccc(F)c2c1cnn2CCS(C)(=O)=O. The van der Waals surface area contributed by atoms with Crippen LogP contribution in [0.25, 0.3) is 10.9 Å². The third-order valence-corrected chi connectivity index (χ3v) is 3.99. The van der Waals surface area contributed by atoms with Crippen LogP contribution in [0.4, 0.5) is 14.9 Å². The first kappa shape index (κ1) is 18.2. The van der Waals surface area contributed by atoms with Crippen molar-refractivity contribution in [1.82, 2.24) is 9.78 Å². The molecule has 1 aromatic carbocycles. The highest BCUT2D eigenvalue weighted by molar-refractivity contribution is 7.90. The predicted octanol–water partition coefficient (Wildman–Crippen LogP) is 2.57. The Kier molecular flexibility index (Phi) is 4.84. The molecule has 0 fully saturated rings. The van der Waals surface area contributed by atoms with Crippen LogP contribution in [0.5, 0.6) is 0 Å². The number of amides is 1. The molecule has 0 unspecified atom stereocenters. The Morgan fingerprint density at radius 1 is 1.38 bits per heavy atom. The molecule has 0 atom stereocenters. The van der Waals surface area contributed by atoms with Crippen LogP contribution in [0.3, 0.4) is 0 Å². The fourth-order valence-corrected chi connectivity index (χ4v) is 2.61. The maximum absolute atomic E-state index is 14.1. The molecular weight excluding hydrogens is 337 g/mol. The molecule has 1 heterocycles. The number of carbonyl (C=O) groups is 1. The highest BCUT2D eigenvalue weighted by atomic mass is 32.2. The molecule has 132 valence electrons. The summed E-state index contributed by atoms with van der Waals surface area (Å²) in [6.45, 7) is 5.22. The molecule has 7 nitrogen and oxygen atoms in total. The summed E-state index contributed by atoms with van der Waals surface area (Å²) in [5.41, 5.74) is -0.193. The molecule has 0 aliphatic rings. The van der Waals surface area contributed by atoms with E-state index in [-0.39, 0.29) is 17.8 Å². The molecule has 0 aliphatic heterocycles. The molecule has 1 aromatic heterocycles. The van der Waals surface area contributed by atoms with E-state index in [2.05, 4.69) is 10.4 Å². The minimum absolute atomic E-state index is 0.0230. The summed E-state index contributed by atoms with van der Waals surface area (Å²) < 4.78 is 43.1. The lowest BCUT2D eigenvalue weighted by Crippen LogP contribution is -2.27. The van der Waals surface area contributed by atoms with E-state index in [9.17, 15) is 17.6 Å². The van der Waals surface area contributed by atoms with Gasteiger partial charge in [0.15, 0.2) is 0 Å². The Morgan fingerprint density at radius 3 is 2.62 bits per heavy atom. The van der Waals surface area contributed by atoms with Gasteiger partial charge >= 0.3 is 6.09 Å². The molecule has 1 amide bonds. The number of nitrogens with one attached hydrogen (secondary N) is 1. The van der Waals surface area contributed by atoms with Gasteiger partial charge in [0, 0.05) is 11.6 Å². The van der Waals surface area contributed by atoms with Crippen molar-refractivity contribution in [3.8, 4) is 0 Å². The Labute approximate surface area is 139 Å². The largest absolute Gasteiger partial charge is 0.444 e. The smallest absolute Gasteiger partial charge is 0.412 e. The molecule has 2 rings (SSSR count). The van der Waals surface area contributed by atoms with Crippen LogP contribution in [0.15, 0.2) is 18.3 Å². The van der Waals surface area contributed by atoms with Gasteiger partial charge in [-0.15, -0.1) is 0 Å². The number of sulfone groups is 1. The molecule has 2 aromatic rings. The van der Waals surface area contributed by atoms with Gasteiger partial charge in [-0.2, -0.15) is 5.10 Å². The van der Waals surface area contributed by atoms with Gasteiger partial charge in [-0.1, -0.05) is 0 Å². The van der Waals surface area contributed by atoms with Crippen molar-refractivity contribution < 1.29 is 22.3 Å². The van der Waals surface area contributed by atoms with E-state index >= 15 is 0 Å². The number of halogens is 1. The lowest BCUT2D eigenvalue weighted by Gasteiger charge is -2.19. The zero-order chi connectivity index (χ0) is 18.1. The number of benzene rings is 1. The number of ether oxygens (including phenoxy) is 1. The summed E-state index contributed by atoms with van der Waals surface area (Å²) in [6, 6.07) is 2.60. The summed E-state index contributed by atoms with van der Waals surface area (Å²) in [4.78, 5) is 11.9. The summed E-state index contributed by atoms with van der Waals surface area (Å²) in [6.07, 6.45) is 1.82. The Balaban J connectivity index is 2.32. The summed E-state index contributed by atoms with van der Waals surface area (Å²) >= 11 is 0. The number of nitrogens with zero attached hydrogens (tertiary/aromatic N) is 2. The maximum Gasteiger partial charge on any atom is 0.412 e. The number of carbonyl (C=O) groups excluding carboxylic acids is 1. The molecular formula is C15H20FN3O4S. The van der Waals surface area contributed by atoms with E-state index in [1.165, 1.54) is 23.0 Å². The Morgan fingerprint density at radius 2 is 2.04 bits per heavy atom. The average molecular weight is 357 g/mol. The summed E-state index contributed by atoms with van der Waals surface area (Å²) in [7, 11) is -3.20. The summed E-state index contributed by atoms with van der Waals surface area (Å²) in [5, 5.41) is 6.95. The van der Waals surface area contributed by atoms with E-state index in [0.717, 1.165) is 6.26 Å². The van der Waals surface area contributed by atoms with E-state index in [4.69, 9.17) is 4.74 Å². The number of hydrogen-bond acceptors (Lipinski definition) is 5.